The number of nitrogens with one attached hydrogen (secondary N) is 1. The summed E-state index contributed by atoms with van der Waals surface area (Å²) in [6.07, 6.45) is 0. The van der Waals surface area contributed by atoms with E-state index < -0.39 is 0 Å². The monoisotopic (exact) mass is 296 g/mol. The van der Waals surface area contributed by atoms with E-state index in [2.05, 4.69) is 24.1 Å². The molecule has 1 heterocycles. The van der Waals surface area contributed by atoms with E-state index in [-0.39, 0.29) is 5.78 Å². The molecule has 0 fully saturated rings. The third-order valence-electron chi connectivity index (χ3n) is 3.95. The first-order valence-corrected chi connectivity index (χ1v) is 7.65. The number of ether oxygens (including phenoxy) is 1. The summed E-state index contributed by atoms with van der Waals surface area (Å²) in [6, 6.07) is 13.3. The lowest BCUT2D eigenvalue weighted by Gasteiger charge is -2.24. The fraction of sp³-hybridized carbons (Fsp3) is 0.278. The SMILES string of the molecule is CCN(CC)CC(=O)c1cccc2c1Nc1ccccc1O2. The number of Topliss-reactive ketones (excluding diaryl/α,β-unsaturated/α-hetero) is 1. The Hall–Kier alpha value is -2.33. The zero-order chi connectivity index (χ0) is 15.5. The molecule has 0 saturated heterocycles. The smallest absolute Gasteiger partial charge is 0.179 e. The zero-order valence-electron chi connectivity index (χ0n) is 12.9. The Morgan fingerprint density at radius 1 is 1.05 bits per heavy atom. The molecule has 0 aliphatic carbocycles. The zero-order valence-corrected chi connectivity index (χ0v) is 12.9. The fourth-order valence-corrected chi connectivity index (χ4v) is 2.62. The molecule has 0 atom stereocenters. The molecular weight excluding hydrogens is 276 g/mol. The van der Waals surface area contributed by atoms with Crippen LogP contribution in [0.15, 0.2) is 42.5 Å². The number of carbonyl (C=O) groups excluding carboxylic acids is 1. The number of nitrogens with zero attached hydrogens (tertiary/aromatic N) is 1. The van der Waals surface area contributed by atoms with Crippen LogP contribution in [0.5, 0.6) is 11.5 Å². The molecule has 4 heteroatoms. The van der Waals surface area contributed by atoms with Crippen LogP contribution in [-0.4, -0.2) is 30.3 Å². The van der Waals surface area contributed by atoms with E-state index in [0.29, 0.717) is 17.9 Å². The highest BCUT2D eigenvalue weighted by atomic mass is 16.5. The van der Waals surface area contributed by atoms with Gasteiger partial charge in [0.15, 0.2) is 17.3 Å². The number of para-hydroxylation sites is 3. The van der Waals surface area contributed by atoms with Crippen LogP contribution in [0.25, 0.3) is 0 Å². The Morgan fingerprint density at radius 2 is 1.77 bits per heavy atom. The second-order valence-electron chi connectivity index (χ2n) is 5.29. The van der Waals surface area contributed by atoms with Crippen molar-refractivity contribution in [3.8, 4) is 11.5 Å². The van der Waals surface area contributed by atoms with Crippen LogP contribution in [0, 0.1) is 0 Å². The minimum absolute atomic E-state index is 0.107. The average Bonchev–Trinajstić information content (AvgIpc) is 2.57. The maximum absolute atomic E-state index is 12.6. The third-order valence-corrected chi connectivity index (χ3v) is 3.95. The highest BCUT2D eigenvalue weighted by molar-refractivity contribution is 6.05. The van der Waals surface area contributed by atoms with Gasteiger partial charge in [-0.05, 0) is 37.4 Å². The Balaban J connectivity index is 1.91. The molecule has 0 aromatic heterocycles. The van der Waals surface area contributed by atoms with E-state index in [0.717, 1.165) is 30.2 Å². The number of hydrogen-bond donors (Lipinski definition) is 1. The normalized spacial score (nSPS) is 12.1. The molecule has 2 aromatic carbocycles. The predicted molar refractivity (Wildman–Crippen MR) is 88.4 cm³/mol. The van der Waals surface area contributed by atoms with Crippen molar-refractivity contribution in [1.82, 2.24) is 4.90 Å². The summed E-state index contributed by atoms with van der Waals surface area (Å²) in [4.78, 5) is 14.7. The molecule has 0 radical (unpaired) electrons. The van der Waals surface area contributed by atoms with Crippen molar-refractivity contribution in [2.75, 3.05) is 25.0 Å². The number of rotatable bonds is 5. The maximum atomic E-state index is 12.6. The summed E-state index contributed by atoms with van der Waals surface area (Å²) < 4.78 is 5.90. The van der Waals surface area contributed by atoms with Gasteiger partial charge in [0, 0.05) is 5.56 Å². The topological polar surface area (TPSA) is 41.6 Å². The number of anilines is 2. The number of carbonyl (C=O) groups is 1. The van der Waals surface area contributed by atoms with Crippen molar-refractivity contribution in [2.45, 2.75) is 13.8 Å². The lowest BCUT2D eigenvalue weighted by Crippen LogP contribution is -2.30. The van der Waals surface area contributed by atoms with Gasteiger partial charge < -0.3 is 10.1 Å². The van der Waals surface area contributed by atoms with Gasteiger partial charge >= 0.3 is 0 Å². The highest BCUT2D eigenvalue weighted by Crippen LogP contribution is 2.43. The highest BCUT2D eigenvalue weighted by Gasteiger charge is 2.22. The number of likely N-dealkylation sites (N-methyl/N-ethyl adjacent to an activating group) is 1. The summed E-state index contributed by atoms with van der Waals surface area (Å²) in [5.74, 6) is 1.59. The summed E-state index contributed by atoms with van der Waals surface area (Å²) in [6.45, 7) is 6.28. The molecule has 114 valence electrons. The van der Waals surface area contributed by atoms with Crippen LogP contribution in [-0.2, 0) is 0 Å². The minimum atomic E-state index is 0.107. The fourth-order valence-electron chi connectivity index (χ4n) is 2.62. The van der Waals surface area contributed by atoms with Gasteiger partial charge in [0.25, 0.3) is 0 Å². The first-order valence-electron chi connectivity index (χ1n) is 7.65. The summed E-state index contributed by atoms with van der Waals surface area (Å²) in [5, 5.41) is 3.33. The van der Waals surface area contributed by atoms with Gasteiger partial charge in [-0.1, -0.05) is 32.0 Å². The van der Waals surface area contributed by atoms with Crippen LogP contribution < -0.4 is 10.1 Å². The first kappa shape index (κ1) is 14.6. The van der Waals surface area contributed by atoms with E-state index >= 15 is 0 Å². The summed E-state index contributed by atoms with van der Waals surface area (Å²) in [7, 11) is 0. The molecule has 0 amide bonds. The molecule has 4 nitrogen and oxygen atoms in total. The molecule has 0 saturated carbocycles. The standard InChI is InChI=1S/C18H20N2O2/c1-3-20(4-2)12-15(21)13-8-7-11-17-18(13)19-14-9-5-6-10-16(14)22-17/h5-11,19H,3-4,12H2,1-2H3. The Kier molecular flexibility index (Phi) is 4.11. The molecular formula is C18H20N2O2. The van der Waals surface area contributed by atoms with Crippen molar-refractivity contribution in [1.29, 1.82) is 0 Å². The van der Waals surface area contributed by atoms with Crippen LogP contribution in [0.4, 0.5) is 11.4 Å². The number of hydrogen-bond acceptors (Lipinski definition) is 4. The second kappa shape index (κ2) is 6.20. The Labute approximate surface area is 130 Å². The van der Waals surface area contributed by atoms with Gasteiger partial charge in [-0.3, -0.25) is 9.69 Å². The summed E-state index contributed by atoms with van der Waals surface area (Å²) >= 11 is 0. The molecule has 22 heavy (non-hydrogen) atoms. The molecule has 0 unspecified atom stereocenters. The molecule has 2 aromatic rings. The van der Waals surface area contributed by atoms with Gasteiger partial charge in [-0.2, -0.15) is 0 Å². The van der Waals surface area contributed by atoms with Gasteiger partial charge in [-0.15, -0.1) is 0 Å². The average molecular weight is 296 g/mol. The lowest BCUT2D eigenvalue weighted by molar-refractivity contribution is 0.0938. The van der Waals surface area contributed by atoms with E-state index in [1.54, 1.807) is 0 Å². The van der Waals surface area contributed by atoms with Crippen LogP contribution in [0.1, 0.15) is 24.2 Å². The minimum Gasteiger partial charge on any atom is -0.453 e. The van der Waals surface area contributed by atoms with Gasteiger partial charge in [0.05, 0.1) is 17.9 Å². The van der Waals surface area contributed by atoms with Crippen LogP contribution in [0.2, 0.25) is 0 Å². The number of fused-ring (bicyclic) bond motifs is 2. The van der Waals surface area contributed by atoms with E-state index in [4.69, 9.17) is 4.74 Å². The summed E-state index contributed by atoms with van der Waals surface area (Å²) in [5.41, 5.74) is 2.33. The second-order valence-corrected chi connectivity index (χ2v) is 5.29. The Bertz CT molecular complexity index is 693. The first-order chi connectivity index (χ1) is 10.7. The van der Waals surface area contributed by atoms with E-state index in [1.807, 2.05) is 42.5 Å². The van der Waals surface area contributed by atoms with Crippen LogP contribution >= 0.6 is 0 Å². The number of benzene rings is 2. The molecule has 1 aliphatic rings. The lowest BCUT2D eigenvalue weighted by atomic mass is 10.1. The molecule has 1 aliphatic heterocycles. The van der Waals surface area contributed by atoms with E-state index in [1.165, 1.54) is 0 Å². The van der Waals surface area contributed by atoms with Gasteiger partial charge in [0.1, 0.15) is 0 Å². The maximum Gasteiger partial charge on any atom is 0.179 e. The van der Waals surface area contributed by atoms with Crippen molar-refractivity contribution in [2.24, 2.45) is 0 Å². The predicted octanol–water partition coefficient (Wildman–Crippen LogP) is 4.06. The Morgan fingerprint density at radius 3 is 2.55 bits per heavy atom. The molecule has 1 N–H and O–H groups in total. The van der Waals surface area contributed by atoms with Crippen LogP contribution in [0.3, 0.4) is 0 Å². The van der Waals surface area contributed by atoms with Crippen molar-refractivity contribution >= 4 is 17.2 Å². The quantitative estimate of drug-likeness (QED) is 0.721. The van der Waals surface area contributed by atoms with E-state index in [9.17, 15) is 4.79 Å². The number of ketones is 1. The molecule has 3 rings (SSSR count). The van der Waals surface area contributed by atoms with Gasteiger partial charge in [-0.25, -0.2) is 0 Å². The van der Waals surface area contributed by atoms with Crippen molar-refractivity contribution in [3.05, 3.63) is 48.0 Å². The van der Waals surface area contributed by atoms with Gasteiger partial charge in [0.2, 0.25) is 0 Å². The van der Waals surface area contributed by atoms with Crippen molar-refractivity contribution < 1.29 is 9.53 Å². The van der Waals surface area contributed by atoms with Crippen molar-refractivity contribution in [3.63, 3.8) is 0 Å². The largest absolute Gasteiger partial charge is 0.453 e. The molecule has 0 spiro atoms. The third kappa shape index (κ3) is 2.70. The molecule has 0 bridgehead atoms.